The lowest BCUT2D eigenvalue weighted by Gasteiger charge is -2.13. The molecular weight excluding hydrogens is 254 g/mol. The van der Waals surface area contributed by atoms with Crippen LogP contribution in [-0.2, 0) is 0 Å². The fourth-order valence-electron chi connectivity index (χ4n) is 2.92. The molecule has 2 aromatic heterocycles. The predicted octanol–water partition coefficient (Wildman–Crippen LogP) is 1.42. The van der Waals surface area contributed by atoms with E-state index in [0.717, 1.165) is 24.2 Å². The van der Waals surface area contributed by atoms with Crippen LogP contribution in [0.4, 0.5) is 0 Å². The monoisotopic (exact) mass is 271 g/mol. The molecule has 1 aliphatic heterocycles. The number of aliphatic hydroxyl groups is 1. The maximum atomic E-state index is 12.6. The highest BCUT2D eigenvalue weighted by Crippen LogP contribution is 2.40. The third-order valence-electron chi connectivity index (χ3n) is 4.17. The SMILES string of the molecule is O=C(c1nc(C2CC2)n2ccccc12)N1CC[C@@H](O)C1. The Morgan fingerprint density at radius 2 is 2.15 bits per heavy atom. The summed E-state index contributed by atoms with van der Waals surface area (Å²) in [7, 11) is 0. The van der Waals surface area contributed by atoms with E-state index < -0.39 is 6.10 Å². The minimum absolute atomic E-state index is 0.0582. The summed E-state index contributed by atoms with van der Waals surface area (Å²) in [6.07, 6.45) is 4.56. The van der Waals surface area contributed by atoms with Crippen LogP contribution in [0.3, 0.4) is 0 Å². The van der Waals surface area contributed by atoms with Crippen LogP contribution < -0.4 is 0 Å². The minimum atomic E-state index is -0.393. The van der Waals surface area contributed by atoms with Crippen LogP contribution in [0.5, 0.6) is 0 Å². The fourth-order valence-corrected chi connectivity index (χ4v) is 2.92. The van der Waals surface area contributed by atoms with Crippen molar-refractivity contribution in [1.82, 2.24) is 14.3 Å². The van der Waals surface area contributed by atoms with Crippen molar-refractivity contribution < 1.29 is 9.90 Å². The lowest BCUT2D eigenvalue weighted by Crippen LogP contribution is -2.30. The van der Waals surface area contributed by atoms with Gasteiger partial charge in [-0.25, -0.2) is 4.98 Å². The van der Waals surface area contributed by atoms with E-state index in [2.05, 4.69) is 4.98 Å². The molecule has 5 nitrogen and oxygen atoms in total. The van der Waals surface area contributed by atoms with Gasteiger partial charge in [0.1, 0.15) is 5.82 Å². The van der Waals surface area contributed by atoms with Crippen LogP contribution in [0.1, 0.15) is 41.5 Å². The summed E-state index contributed by atoms with van der Waals surface area (Å²) in [5, 5.41) is 9.59. The number of likely N-dealkylation sites (tertiary alicyclic amines) is 1. The van der Waals surface area contributed by atoms with E-state index in [1.807, 2.05) is 28.8 Å². The molecule has 2 fully saturated rings. The van der Waals surface area contributed by atoms with Gasteiger partial charge in [-0.1, -0.05) is 6.07 Å². The Hall–Kier alpha value is -1.88. The number of β-amino-alcohol motifs (C(OH)–C–C–N with tert-alkyl or cyclic N) is 1. The van der Waals surface area contributed by atoms with Gasteiger partial charge < -0.3 is 14.4 Å². The molecule has 1 amide bonds. The van der Waals surface area contributed by atoms with Gasteiger partial charge in [0.25, 0.3) is 5.91 Å². The normalized spacial score (nSPS) is 22.6. The van der Waals surface area contributed by atoms with E-state index in [-0.39, 0.29) is 5.91 Å². The number of hydrogen-bond acceptors (Lipinski definition) is 3. The molecule has 2 aliphatic rings. The largest absolute Gasteiger partial charge is 0.391 e. The van der Waals surface area contributed by atoms with Crippen molar-refractivity contribution in [2.75, 3.05) is 13.1 Å². The molecule has 1 saturated carbocycles. The van der Waals surface area contributed by atoms with E-state index in [4.69, 9.17) is 0 Å². The molecule has 4 rings (SSSR count). The average Bonchev–Trinajstić information content (AvgIpc) is 3.10. The number of aliphatic hydroxyl groups excluding tert-OH is 1. The Labute approximate surface area is 116 Å². The highest BCUT2D eigenvalue weighted by atomic mass is 16.3. The van der Waals surface area contributed by atoms with Crippen LogP contribution in [0.2, 0.25) is 0 Å². The van der Waals surface area contributed by atoms with Crippen LogP contribution in [-0.4, -0.2) is 44.5 Å². The third-order valence-corrected chi connectivity index (χ3v) is 4.17. The Morgan fingerprint density at radius 3 is 2.85 bits per heavy atom. The van der Waals surface area contributed by atoms with Crippen molar-refractivity contribution in [3.05, 3.63) is 35.9 Å². The van der Waals surface area contributed by atoms with Gasteiger partial charge in [0, 0.05) is 25.2 Å². The molecule has 5 heteroatoms. The van der Waals surface area contributed by atoms with Gasteiger partial charge in [0.05, 0.1) is 11.6 Å². The van der Waals surface area contributed by atoms with Crippen molar-refractivity contribution in [3.63, 3.8) is 0 Å². The zero-order valence-corrected chi connectivity index (χ0v) is 11.2. The van der Waals surface area contributed by atoms with E-state index >= 15 is 0 Å². The summed E-state index contributed by atoms with van der Waals surface area (Å²) < 4.78 is 2.04. The summed E-state index contributed by atoms with van der Waals surface area (Å²) in [4.78, 5) is 18.9. The first kappa shape index (κ1) is 11.9. The molecular formula is C15H17N3O2. The minimum Gasteiger partial charge on any atom is -0.391 e. The number of pyridine rings is 1. The maximum absolute atomic E-state index is 12.6. The molecule has 1 atom stereocenters. The van der Waals surface area contributed by atoms with Crippen molar-refractivity contribution >= 4 is 11.4 Å². The molecule has 2 aromatic rings. The number of carbonyl (C=O) groups is 1. The summed E-state index contributed by atoms with van der Waals surface area (Å²) >= 11 is 0. The van der Waals surface area contributed by atoms with E-state index in [1.54, 1.807) is 4.90 Å². The number of aromatic nitrogens is 2. The van der Waals surface area contributed by atoms with Crippen molar-refractivity contribution in [3.8, 4) is 0 Å². The first-order valence-corrected chi connectivity index (χ1v) is 7.18. The molecule has 104 valence electrons. The highest BCUT2D eigenvalue weighted by molar-refractivity contribution is 5.99. The fraction of sp³-hybridized carbons (Fsp3) is 0.467. The molecule has 3 heterocycles. The lowest BCUT2D eigenvalue weighted by molar-refractivity contribution is 0.0761. The zero-order chi connectivity index (χ0) is 13.7. The maximum Gasteiger partial charge on any atom is 0.274 e. The molecule has 20 heavy (non-hydrogen) atoms. The molecule has 0 spiro atoms. The van der Waals surface area contributed by atoms with Crippen molar-refractivity contribution in [1.29, 1.82) is 0 Å². The standard InChI is InChI=1S/C15H17N3O2/c19-11-6-8-17(9-11)15(20)13-12-3-1-2-7-18(12)14(16-13)10-4-5-10/h1-3,7,10-11,19H,4-6,8-9H2/t11-/m1/s1. The molecule has 0 aromatic carbocycles. The number of fused-ring (bicyclic) bond motifs is 1. The summed E-state index contributed by atoms with van der Waals surface area (Å²) in [5.74, 6) is 1.44. The molecule has 0 bridgehead atoms. The van der Waals surface area contributed by atoms with E-state index in [0.29, 0.717) is 31.1 Å². The van der Waals surface area contributed by atoms with Gasteiger partial charge in [-0.05, 0) is 31.4 Å². The van der Waals surface area contributed by atoms with Crippen molar-refractivity contribution in [2.45, 2.75) is 31.3 Å². The first-order chi connectivity index (χ1) is 9.74. The molecule has 1 aliphatic carbocycles. The topological polar surface area (TPSA) is 57.8 Å². The number of amides is 1. The third kappa shape index (κ3) is 1.81. The lowest BCUT2D eigenvalue weighted by atomic mass is 10.3. The van der Waals surface area contributed by atoms with E-state index in [9.17, 15) is 9.90 Å². The highest BCUT2D eigenvalue weighted by Gasteiger charge is 2.33. The Kier molecular flexibility index (Phi) is 2.57. The van der Waals surface area contributed by atoms with Gasteiger partial charge in [-0.15, -0.1) is 0 Å². The Bertz CT molecular complexity index is 675. The van der Waals surface area contributed by atoms with Gasteiger partial charge in [0.2, 0.25) is 0 Å². The van der Waals surface area contributed by atoms with Gasteiger partial charge in [-0.3, -0.25) is 4.79 Å². The van der Waals surface area contributed by atoms with Crippen molar-refractivity contribution in [2.24, 2.45) is 0 Å². The predicted molar refractivity (Wildman–Crippen MR) is 73.7 cm³/mol. The first-order valence-electron chi connectivity index (χ1n) is 7.18. The van der Waals surface area contributed by atoms with Gasteiger partial charge in [0.15, 0.2) is 5.69 Å². The van der Waals surface area contributed by atoms with Gasteiger partial charge in [-0.2, -0.15) is 0 Å². The Morgan fingerprint density at radius 1 is 1.30 bits per heavy atom. The summed E-state index contributed by atoms with van der Waals surface area (Å²) in [6, 6.07) is 5.84. The number of imidazole rings is 1. The quantitative estimate of drug-likeness (QED) is 0.898. The van der Waals surface area contributed by atoms with Crippen LogP contribution in [0, 0.1) is 0 Å². The second-order valence-corrected chi connectivity index (χ2v) is 5.74. The number of hydrogen-bond donors (Lipinski definition) is 1. The summed E-state index contributed by atoms with van der Waals surface area (Å²) in [6.45, 7) is 1.04. The zero-order valence-electron chi connectivity index (χ0n) is 11.2. The average molecular weight is 271 g/mol. The van der Waals surface area contributed by atoms with E-state index in [1.165, 1.54) is 0 Å². The molecule has 1 saturated heterocycles. The van der Waals surface area contributed by atoms with Crippen LogP contribution in [0.25, 0.3) is 5.52 Å². The molecule has 0 radical (unpaired) electrons. The second-order valence-electron chi connectivity index (χ2n) is 5.74. The Balaban J connectivity index is 1.77. The second kappa shape index (κ2) is 4.31. The van der Waals surface area contributed by atoms with Crippen LogP contribution >= 0.6 is 0 Å². The number of carbonyl (C=O) groups excluding carboxylic acids is 1. The molecule has 0 unspecified atom stereocenters. The van der Waals surface area contributed by atoms with Crippen LogP contribution in [0.15, 0.2) is 24.4 Å². The smallest absolute Gasteiger partial charge is 0.274 e. The van der Waals surface area contributed by atoms with Gasteiger partial charge >= 0.3 is 0 Å². The summed E-state index contributed by atoms with van der Waals surface area (Å²) in [5.41, 5.74) is 1.40. The number of nitrogens with zero attached hydrogens (tertiary/aromatic N) is 3. The number of rotatable bonds is 2. The molecule has 1 N–H and O–H groups in total.